The predicted octanol–water partition coefficient (Wildman–Crippen LogP) is 15.1. The molecule has 1 N–H and O–H groups in total. The third kappa shape index (κ3) is 4.63. The first-order valence-corrected chi connectivity index (χ1v) is 20.3. The van der Waals surface area contributed by atoms with E-state index in [-0.39, 0.29) is 0 Å². The molecule has 0 fully saturated rings. The Morgan fingerprint density at radius 1 is 0.431 bits per heavy atom. The van der Waals surface area contributed by atoms with Crippen LogP contribution in [0.15, 0.2) is 170 Å². The lowest BCUT2D eigenvalue weighted by molar-refractivity contribution is 1.32. The second-order valence-corrected chi connectivity index (χ2v) is 15.8. The number of anilines is 1. The van der Waals surface area contributed by atoms with Crippen molar-refractivity contribution in [2.24, 2.45) is 0 Å². The monoisotopic (exact) mass is 738 g/mol. The predicted molar refractivity (Wildman–Crippen MR) is 247 cm³/mol. The van der Waals surface area contributed by atoms with Crippen LogP contribution in [0, 0.1) is 13.8 Å². The molecular weight excluding hydrogens is 701 g/mol. The standard InChI is InChI=1S/C56H38N2/c1-33-15-11-16-34(2)49(33)46-32-48-47(56-42(46)26-14-30-58-56)31-45(41-25-13-29-57-55(41)48)37-27-28-44-52-38(37)23-12-24-43(52)53-50(35-17-5-3-6-18-35)39-21-9-10-22-40(39)51(54(44)53)36-19-7-4-8-20-36/h3-28,30-32,57H,29H2,1-2H3. The highest BCUT2D eigenvalue weighted by Gasteiger charge is 2.32. The second-order valence-electron chi connectivity index (χ2n) is 15.8. The first-order chi connectivity index (χ1) is 28.7. The van der Waals surface area contributed by atoms with Crippen molar-refractivity contribution >= 4 is 55.0 Å². The SMILES string of the molecule is Cc1cccc(C)c1-c1cc2c3c(c(-c4ccc5c6c(cccc46)-c4c-5c(-c5ccccc5)c5ccccc5c4-c4ccccc4)cc2c2ncccc12)C=CCN3. The fourth-order valence-electron chi connectivity index (χ4n) is 10.3. The highest BCUT2D eigenvalue weighted by atomic mass is 14.9. The van der Waals surface area contributed by atoms with Gasteiger partial charge in [-0.15, -0.1) is 0 Å². The molecule has 2 nitrogen and oxygen atoms in total. The highest BCUT2D eigenvalue weighted by molar-refractivity contribution is 6.29. The molecule has 272 valence electrons. The Kier molecular flexibility index (Phi) is 7.15. The van der Waals surface area contributed by atoms with E-state index in [1.54, 1.807) is 0 Å². The van der Waals surface area contributed by atoms with E-state index in [0.29, 0.717) is 0 Å². The van der Waals surface area contributed by atoms with Crippen molar-refractivity contribution in [3.63, 3.8) is 0 Å². The minimum Gasteiger partial charge on any atom is -0.381 e. The number of fused-ring (bicyclic) bond motifs is 9. The van der Waals surface area contributed by atoms with E-state index in [0.717, 1.165) is 17.4 Å². The number of aromatic nitrogens is 1. The van der Waals surface area contributed by atoms with E-state index in [1.165, 1.54) is 121 Å². The maximum atomic E-state index is 5.12. The number of benzene rings is 9. The second kappa shape index (κ2) is 12.6. The fourth-order valence-corrected chi connectivity index (χ4v) is 10.3. The lowest BCUT2D eigenvalue weighted by Crippen LogP contribution is -2.07. The summed E-state index contributed by atoms with van der Waals surface area (Å²) in [6, 6.07) is 58.4. The van der Waals surface area contributed by atoms with Gasteiger partial charge >= 0.3 is 0 Å². The van der Waals surface area contributed by atoms with Gasteiger partial charge in [0.05, 0.1) is 11.2 Å². The number of aryl methyl sites for hydroxylation is 2. The molecule has 10 aromatic rings. The Bertz CT molecular complexity index is 3280. The Morgan fingerprint density at radius 2 is 1.02 bits per heavy atom. The first-order valence-electron chi connectivity index (χ1n) is 20.3. The zero-order chi connectivity index (χ0) is 38.5. The van der Waals surface area contributed by atoms with Crippen LogP contribution in [-0.4, -0.2) is 11.5 Å². The molecule has 2 heteroatoms. The van der Waals surface area contributed by atoms with Crippen molar-refractivity contribution in [1.29, 1.82) is 0 Å². The van der Waals surface area contributed by atoms with Crippen molar-refractivity contribution in [3.8, 4) is 66.8 Å². The maximum absolute atomic E-state index is 5.12. The van der Waals surface area contributed by atoms with E-state index >= 15 is 0 Å². The molecule has 2 aliphatic rings. The Hall–Kier alpha value is -7.29. The van der Waals surface area contributed by atoms with Crippen molar-refractivity contribution in [2.75, 3.05) is 11.9 Å². The molecule has 1 aliphatic heterocycles. The van der Waals surface area contributed by atoms with Crippen molar-refractivity contribution in [1.82, 2.24) is 4.98 Å². The lowest BCUT2D eigenvalue weighted by atomic mass is 9.82. The van der Waals surface area contributed by atoms with Crippen molar-refractivity contribution in [3.05, 3.63) is 187 Å². The van der Waals surface area contributed by atoms with Gasteiger partial charge in [0.15, 0.2) is 0 Å². The molecule has 0 saturated carbocycles. The molecule has 9 aromatic carbocycles. The van der Waals surface area contributed by atoms with E-state index in [9.17, 15) is 0 Å². The van der Waals surface area contributed by atoms with E-state index in [4.69, 9.17) is 4.98 Å². The third-order valence-corrected chi connectivity index (χ3v) is 12.7. The summed E-state index contributed by atoms with van der Waals surface area (Å²) in [5.41, 5.74) is 21.2. The normalized spacial score (nSPS) is 12.7. The van der Waals surface area contributed by atoms with Gasteiger partial charge in [-0.1, -0.05) is 152 Å². The van der Waals surface area contributed by atoms with E-state index in [2.05, 4.69) is 189 Å². The molecule has 2 heterocycles. The van der Waals surface area contributed by atoms with Gasteiger partial charge in [0.2, 0.25) is 0 Å². The van der Waals surface area contributed by atoms with Gasteiger partial charge in [-0.2, -0.15) is 0 Å². The number of nitrogens with zero attached hydrogens (tertiary/aromatic N) is 1. The molecule has 1 aromatic heterocycles. The fraction of sp³-hybridized carbons (Fsp3) is 0.0536. The average molecular weight is 739 g/mol. The number of nitrogens with one attached hydrogen (secondary N) is 1. The molecule has 0 atom stereocenters. The number of rotatable bonds is 4. The average Bonchev–Trinajstić information content (AvgIpc) is 3.60. The lowest BCUT2D eigenvalue weighted by Gasteiger charge is -2.23. The quantitative estimate of drug-likeness (QED) is 0.182. The zero-order valence-corrected chi connectivity index (χ0v) is 32.4. The van der Waals surface area contributed by atoms with Crippen LogP contribution in [0.4, 0.5) is 5.69 Å². The van der Waals surface area contributed by atoms with Gasteiger partial charge in [0, 0.05) is 34.5 Å². The third-order valence-electron chi connectivity index (χ3n) is 12.7. The summed E-state index contributed by atoms with van der Waals surface area (Å²) in [6.45, 7) is 5.22. The molecule has 0 spiro atoms. The largest absolute Gasteiger partial charge is 0.381 e. The first kappa shape index (κ1) is 32.9. The molecule has 0 unspecified atom stereocenters. The van der Waals surface area contributed by atoms with Crippen LogP contribution >= 0.6 is 0 Å². The van der Waals surface area contributed by atoms with Gasteiger partial charge in [-0.3, -0.25) is 4.98 Å². The number of pyridine rings is 1. The van der Waals surface area contributed by atoms with E-state index in [1.807, 2.05) is 6.20 Å². The number of hydrogen-bond donors (Lipinski definition) is 1. The molecule has 0 saturated heterocycles. The molecule has 0 amide bonds. The van der Waals surface area contributed by atoms with Crippen LogP contribution < -0.4 is 5.32 Å². The van der Waals surface area contributed by atoms with Gasteiger partial charge < -0.3 is 5.32 Å². The molecule has 0 radical (unpaired) electrons. The minimum absolute atomic E-state index is 0.780. The molecular formula is C56H38N2. The van der Waals surface area contributed by atoms with Crippen LogP contribution in [-0.2, 0) is 0 Å². The summed E-state index contributed by atoms with van der Waals surface area (Å²) in [6.07, 6.45) is 6.52. The smallest absolute Gasteiger partial charge is 0.0787 e. The molecule has 58 heavy (non-hydrogen) atoms. The highest BCUT2D eigenvalue weighted by Crippen LogP contribution is 2.59. The van der Waals surface area contributed by atoms with Crippen LogP contribution in [0.5, 0.6) is 0 Å². The summed E-state index contributed by atoms with van der Waals surface area (Å²) in [4.78, 5) is 5.12. The Balaban J connectivity index is 1.18. The van der Waals surface area contributed by atoms with Gasteiger partial charge in [0.25, 0.3) is 0 Å². The van der Waals surface area contributed by atoms with Crippen molar-refractivity contribution < 1.29 is 0 Å². The Morgan fingerprint density at radius 3 is 1.72 bits per heavy atom. The minimum atomic E-state index is 0.780. The van der Waals surface area contributed by atoms with Gasteiger partial charge in [-0.05, 0) is 131 Å². The van der Waals surface area contributed by atoms with Crippen LogP contribution in [0.25, 0.3) is 116 Å². The molecule has 1 aliphatic carbocycles. The van der Waals surface area contributed by atoms with Gasteiger partial charge in [-0.25, -0.2) is 0 Å². The summed E-state index contributed by atoms with van der Waals surface area (Å²) >= 11 is 0. The topological polar surface area (TPSA) is 24.9 Å². The summed E-state index contributed by atoms with van der Waals surface area (Å²) in [5, 5.41) is 12.5. The zero-order valence-electron chi connectivity index (χ0n) is 32.4. The Labute approximate surface area is 337 Å². The molecule has 12 rings (SSSR count). The maximum Gasteiger partial charge on any atom is 0.0787 e. The summed E-state index contributed by atoms with van der Waals surface area (Å²) in [7, 11) is 0. The molecule has 0 bridgehead atoms. The van der Waals surface area contributed by atoms with Crippen molar-refractivity contribution in [2.45, 2.75) is 13.8 Å². The summed E-state index contributed by atoms with van der Waals surface area (Å²) in [5.74, 6) is 0. The number of hydrogen-bond acceptors (Lipinski definition) is 2. The van der Waals surface area contributed by atoms with Crippen LogP contribution in [0.2, 0.25) is 0 Å². The summed E-state index contributed by atoms with van der Waals surface area (Å²) < 4.78 is 0. The van der Waals surface area contributed by atoms with Gasteiger partial charge in [0.1, 0.15) is 0 Å². The van der Waals surface area contributed by atoms with Crippen LogP contribution in [0.1, 0.15) is 16.7 Å². The van der Waals surface area contributed by atoms with Crippen LogP contribution in [0.3, 0.4) is 0 Å². The van der Waals surface area contributed by atoms with E-state index < -0.39 is 0 Å².